The lowest BCUT2D eigenvalue weighted by Crippen LogP contribution is -2.23. The van der Waals surface area contributed by atoms with Crippen LogP contribution in [0.4, 0.5) is 0 Å². The molecular weight excluding hydrogens is 188 g/mol. The average Bonchev–Trinajstić information content (AvgIpc) is 2.69. The lowest BCUT2D eigenvalue weighted by atomic mass is 10.1. The van der Waals surface area contributed by atoms with Crippen LogP contribution in [0.15, 0.2) is 29.1 Å². The van der Waals surface area contributed by atoms with Gasteiger partial charge in [-0.25, -0.2) is 0 Å². The summed E-state index contributed by atoms with van der Waals surface area (Å²) < 4.78 is 1.85. The molecule has 2 aromatic rings. The van der Waals surface area contributed by atoms with Crippen molar-refractivity contribution in [2.75, 3.05) is 0 Å². The molecule has 1 aliphatic rings. The molecule has 3 nitrogen and oxygen atoms in total. The van der Waals surface area contributed by atoms with Gasteiger partial charge in [-0.15, -0.1) is 0 Å². The van der Waals surface area contributed by atoms with E-state index in [0.29, 0.717) is 12.1 Å². The Balaban J connectivity index is 2.52. The van der Waals surface area contributed by atoms with E-state index in [0.717, 1.165) is 23.9 Å². The van der Waals surface area contributed by atoms with Crippen LogP contribution in [-0.2, 0) is 19.5 Å². The molecule has 2 N–H and O–H groups in total. The summed E-state index contributed by atoms with van der Waals surface area (Å²) in [7, 11) is 0. The van der Waals surface area contributed by atoms with E-state index in [9.17, 15) is 4.79 Å². The van der Waals surface area contributed by atoms with Crippen molar-refractivity contribution in [3.63, 3.8) is 0 Å². The molecule has 0 fully saturated rings. The van der Waals surface area contributed by atoms with Crippen LogP contribution in [0, 0.1) is 0 Å². The molecule has 0 saturated carbocycles. The Labute approximate surface area is 87.1 Å². The second-order valence-corrected chi connectivity index (χ2v) is 3.94. The van der Waals surface area contributed by atoms with E-state index in [-0.39, 0.29) is 5.56 Å². The van der Waals surface area contributed by atoms with Gasteiger partial charge in [-0.3, -0.25) is 4.79 Å². The van der Waals surface area contributed by atoms with E-state index in [2.05, 4.69) is 6.07 Å². The molecule has 0 unspecified atom stereocenters. The van der Waals surface area contributed by atoms with Crippen molar-refractivity contribution in [3.8, 4) is 0 Å². The van der Waals surface area contributed by atoms with Crippen molar-refractivity contribution >= 4 is 10.9 Å². The smallest absolute Gasteiger partial charge is 0.255 e. The number of nitrogens with zero attached hydrogens (tertiary/aromatic N) is 1. The maximum atomic E-state index is 12.0. The summed E-state index contributed by atoms with van der Waals surface area (Å²) in [6.07, 6.45) is 0.959. The van der Waals surface area contributed by atoms with Crippen LogP contribution in [0.2, 0.25) is 0 Å². The van der Waals surface area contributed by atoms with Gasteiger partial charge >= 0.3 is 0 Å². The van der Waals surface area contributed by atoms with Crippen molar-refractivity contribution in [2.24, 2.45) is 5.73 Å². The molecule has 3 heteroatoms. The van der Waals surface area contributed by atoms with Crippen LogP contribution in [0.5, 0.6) is 0 Å². The summed E-state index contributed by atoms with van der Waals surface area (Å²) in [5.74, 6) is 0. The maximum absolute atomic E-state index is 12.0. The highest BCUT2D eigenvalue weighted by Crippen LogP contribution is 2.24. The first-order valence-electron chi connectivity index (χ1n) is 5.15. The molecule has 0 atom stereocenters. The first-order valence-corrected chi connectivity index (χ1v) is 5.15. The highest BCUT2D eigenvalue weighted by Gasteiger charge is 2.16. The zero-order chi connectivity index (χ0) is 10.4. The summed E-state index contributed by atoms with van der Waals surface area (Å²) in [6, 6.07) is 8.09. The number of benzene rings is 1. The van der Waals surface area contributed by atoms with Crippen molar-refractivity contribution in [1.29, 1.82) is 0 Å². The van der Waals surface area contributed by atoms with E-state index < -0.39 is 0 Å². The van der Waals surface area contributed by atoms with Crippen LogP contribution in [0.1, 0.15) is 11.1 Å². The quantitative estimate of drug-likeness (QED) is 0.747. The fraction of sp³-hybridized carbons (Fsp3) is 0.250. The van der Waals surface area contributed by atoms with Gasteiger partial charge in [-0.1, -0.05) is 18.2 Å². The van der Waals surface area contributed by atoms with Crippen LogP contribution >= 0.6 is 0 Å². The summed E-state index contributed by atoms with van der Waals surface area (Å²) in [6.45, 7) is 1.11. The second-order valence-electron chi connectivity index (χ2n) is 3.94. The number of hydrogen-bond acceptors (Lipinski definition) is 2. The molecule has 2 heterocycles. The Morgan fingerprint density at radius 2 is 2.27 bits per heavy atom. The number of nitrogens with two attached hydrogens (primary N) is 1. The SMILES string of the molecule is NCc1cc2cccc3c2n(c1=O)CC3. The molecule has 1 aromatic heterocycles. The Hall–Kier alpha value is -1.61. The lowest BCUT2D eigenvalue weighted by molar-refractivity contribution is 0.731. The number of rotatable bonds is 1. The van der Waals surface area contributed by atoms with Crippen LogP contribution in [0.25, 0.3) is 10.9 Å². The van der Waals surface area contributed by atoms with E-state index >= 15 is 0 Å². The third-order valence-corrected chi connectivity index (χ3v) is 3.09. The van der Waals surface area contributed by atoms with Gasteiger partial charge in [-0.2, -0.15) is 0 Å². The van der Waals surface area contributed by atoms with Gasteiger partial charge in [0.1, 0.15) is 0 Å². The summed E-state index contributed by atoms with van der Waals surface area (Å²) in [5.41, 5.74) is 8.73. The van der Waals surface area contributed by atoms with Crippen molar-refractivity contribution < 1.29 is 0 Å². The normalized spacial score (nSPS) is 13.7. The van der Waals surface area contributed by atoms with E-state index in [4.69, 9.17) is 5.73 Å². The number of aromatic nitrogens is 1. The molecule has 0 aliphatic carbocycles. The number of aryl methyl sites for hydroxylation is 2. The maximum Gasteiger partial charge on any atom is 0.255 e. The minimum absolute atomic E-state index is 0.0787. The third-order valence-electron chi connectivity index (χ3n) is 3.09. The summed E-state index contributed by atoms with van der Waals surface area (Å²) in [5, 5.41) is 1.13. The van der Waals surface area contributed by atoms with Gasteiger partial charge in [0.05, 0.1) is 5.52 Å². The molecular formula is C12H12N2O. The largest absolute Gasteiger partial charge is 0.326 e. The molecule has 0 radical (unpaired) electrons. The molecule has 0 spiro atoms. The van der Waals surface area contributed by atoms with Crippen molar-refractivity contribution in [1.82, 2.24) is 4.57 Å². The fourth-order valence-electron chi connectivity index (χ4n) is 2.37. The highest BCUT2D eigenvalue weighted by molar-refractivity contribution is 5.84. The van der Waals surface area contributed by atoms with Crippen LogP contribution < -0.4 is 11.3 Å². The Morgan fingerprint density at radius 3 is 3.07 bits per heavy atom. The Morgan fingerprint density at radius 1 is 1.40 bits per heavy atom. The Bertz CT molecular complexity index is 598. The van der Waals surface area contributed by atoms with E-state index in [1.54, 1.807) is 0 Å². The molecule has 0 saturated heterocycles. The Kier molecular flexibility index (Phi) is 1.70. The van der Waals surface area contributed by atoms with Gasteiger partial charge in [0.15, 0.2) is 0 Å². The number of hydrogen-bond donors (Lipinski definition) is 1. The van der Waals surface area contributed by atoms with Crippen molar-refractivity contribution in [2.45, 2.75) is 19.5 Å². The van der Waals surface area contributed by atoms with Gasteiger partial charge < -0.3 is 10.3 Å². The second kappa shape index (κ2) is 2.94. The molecule has 3 rings (SSSR count). The number of para-hydroxylation sites is 1. The van der Waals surface area contributed by atoms with Gasteiger partial charge in [0, 0.05) is 18.7 Å². The predicted molar refractivity (Wildman–Crippen MR) is 59.8 cm³/mol. The zero-order valence-corrected chi connectivity index (χ0v) is 8.36. The molecule has 76 valence electrons. The minimum atomic E-state index is 0.0787. The van der Waals surface area contributed by atoms with Gasteiger partial charge in [0.2, 0.25) is 0 Å². The molecule has 15 heavy (non-hydrogen) atoms. The van der Waals surface area contributed by atoms with Crippen LogP contribution in [0.3, 0.4) is 0 Å². The standard InChI is InChI=1S/C12H12N2O/c13-7-10-6-9-3-1-2-8-4-5-14(11(8)9)12(10)15/h1-3,6H,4-5,7,13H2. The topological polar surface area (TPSA) is 48.0 Å². The molecule has 0 bridgehead atoms. The molecule has 1 aliphatic heterocycles. The zero-order valence-electron chi connectivity index (χ0n) is 8.36. The monoisotopic (exact) mass is 200 g/mol. The van der Waals surface area contributed by atoms with Crippen LogP contribution in [-0.4, -0.2) is 4.57 Å². The van der Waals surface area contributed by atoms with Crippen molar-refractivity contribution in [3.05, 3.63) is 45.7 Å². The summed E-state index contributed by atoms with van der Waals surface area (Å²) in [4.78, 5) is 12.0. The van der Waals surface area contributed by atoms with Gasteiger partial charge in [-0.05, 0) is 23.4 Å². The molecule has 0 amide bonds. The summed E-state index contributed by atoms with van der Waals surface area (Å²) >= 11 is 0. The predicted octanol–water partition coefficient (Wildman–Crippen LogP) is 1.02. The minimum Gasteiger partial charge on any atom is -0.326 e. The van der Waals surface area contributed by atoms with E-state index in [1.807, 2.05) is 22.8 Å². The molecule has 1 aromatic carbocycles. The first kappa shape index (κ1) is 8.68. The number of pyridine rings is 1. The highest BCUT2D eigenvalue weighted by atomic mass is 16.1. The third kappa shape index (κ3) is 1.07. The fourth-order valence-corrected chi connectivity index (χ4v) is 2.37. The first-order chi connectivity index (χ1) is 7.31. The van der Waals surface area contributed by atoms with E-state index in [1.165, 1.54) is 5.56 Å². The lowest BCUT2D eigenvalue weighted by Gasteiger charge is -2.06. The van der Waals surface area contributed by atoms with Gasteiger partial charge in [0.25, 0.3) is 5.56 Å². The average molecular weight is 200 g/mol.